The van der Waals surface area contributed by atoms with Crippen LogP contribution in [0.3, 0.4) is 0 Å². The van der Waals surface area contributed by atoms with Gasteiger partial charge in [-0.1, -0.05) is 29.3 Å². The Morgan fingerprint density at radius 2 is 2.06 bits per heavy atom. The van der Waals surface area contributed by atoms with Gasteiger partial charge >= 0.3 is 0 Å². The average Bonchev–Trinajstić information content (AvgIpc) is 2.25. The van der Waals surface area contributed by atoms with Crippen molar-refractivity contribution in [3.63, 3.8) is 0 Å². The lowest BCUT2D eigenvalue weighted by atomic mass is 10.2. The zero-order chi connectivity index (χ0) is 12.7. The van der Waals surface area contributed by atoms with Gasteiger partial charge in [-0.15, -0.1) is 0 Å². The van der Waals surface area contributed by atoms with E-state index >= 15 is 0 Å². The molecule has 0 atom stereocenters. The van der Waals surface area contributed by atoms with Crippen LogP contribution in [0, 0.1) is 0 Å². The third-order valence-corrected chi connectivity index (χ3v) is 2.82. The van der Waals surface area contributed by atoms with Gasteiger partial charge in [0.2, 0.25) is 5.91 Å². The number of carbonyl (C=O) groups excluding carboxylic acids is 1. The molecule has 0 heterocycles. The van der Waals surface area contributed by atoms with Gasteiger partial charge in [0.15, 0.2) is 0 Å². The summed E-state index contributed by atoms with van der Waals surface area (Å²) in [5, 5.41) is 7.31. The lowest BCUT2D eigenvalue weighted by molar-refractivity contribution is -0.118. The maximum Gasteiger partial charge on any atom is 0.216 e. The fourth-order valence-corrected chi connectivity index (χ4v) is 1.84. The normalized spacial score (nSPS) is 10.3. The molecular weight excluding hydrogens is 259 g/mol. The van der Waals surface area contributed by atoms with Crippen molar-refractivity contribution < 1.29 is 4.79 Å². The molecule has 0 fully saturated rings. The van der Waals surface area contributed by atoms with Crippen molar-refractivity contribution in [3.05, 3.63) is 33.8 Å². The monoisotopic (exact) mass is 274 g/mol. The predicted molar refractivity (Wildman–Crippen MR) is 71.5 cm³/mol. The zero-order valence-electron chi connectivity index (χ0n) is 9.72. The number of nitrogens with one attached hydrogen (secondary N) is 2. The molecule has 0 aliphatic rings. The molecule has 0 radical (unpaired) electrons. The Hall–Kier alpha value is -0.770. The Balaban J connectivity index is 2.20. The largest absolute Gasteiger partial charge is 0.356 e. The molecule has 0 aliphatic carbocycles. The maximum atomic E-state index is 10.6. The van der Waals surface area contributed by atoms with Gasteiger partial charge in [-0.2, -0.15) is 0 Å². The van der Waals surface area contributed by atoms with Gasteiger partial charge in [0.1, 0.15) is 0 Å². The summed E-state index contributed by atoms with van der Waals surface area (Å²) in [5.74, 6) is 0.00532. The molecule has 2 N–H and O–H groups in total. The highest BCUT2D eigenvalue weighted by Crippen LogP contribution is 2.20. The van der Waals surface area contributed by atoms with E-state index in [1.54, 1.807) is 6.07 Å². The molecule has 0 saturated carbocycles. The van der Waals surface area contributed by atoms with Gasteiger partial charge in [0.05, 0.1) is 0 Å². The highest BCUT2D eigenvalue weighted by molar-refractivity contribution is 6.35. The Morgan fingerprint density at radius 1 is 1.29 bits per heavy atom. The van der Waals surface area contributed by atoms with Crippen LogP contribution >= 0.6 is 23.2 Å². The molecular formula is C12H16Cl2N2O. The second-order valence-corrected chi connectivity index (χ2v) is 4.59. The summed E-state index contributed by atoms with van der Waals surface area (Å²) < 4.78 is 0. The minimum atomic E-state index is 0.00532. The van der Waals surface area contributed by atoms with E-state index in [1.165, 1.54) is 6.92 Å². The highest BCUT2D eigenvalue weighted by Gasteiger charge is 2.00. The fraction of sp³-hybridized carbons (Fsp3) is 0.417. The minimum absolute atomic E-state index is 0.00532. The molecule has 0 bridgehead atoms. The number of benzene rings is 1. The number of halogens is 2. The van der Waals surface area contributed by atoms with E-state index < -0.39 is 0 Å². The lowest BCUT2D eigenvalue weighted by Crippen LogP contribution is -2.25. The second-order valence-electron chi connectivity index (χ2n) is 3.75. The van der Waals surface area contributed by atoms with Crippen LogP contribution in [-0.4, -0.2) is 19.0 Å². The van der Waals surface area contributed by atoms with Gasteiger partial charge < -0.3 is 10.6 Å². The molecule has 3 nitrogen and oxygen atoms in total. The van der Waals surface area contributed by atoms with Crippen LogP contribution in [0.25, 0.3) is 0 Å². The zero-order valence-corrected chi connectivity index (χ0v) is 11.2. The quantitative estimate of drug-likeness (QED) is 0.783. The standard InChI is InChI=1S/C12H16Cl2N2O/c1-9(17)16-6-2-5-15-8-10-3-4-11(13)7-12(10)14/h3-4,7,15H,2,5-6,8H2,1H3,(H,16,17). The summed E-state index contributed by atoms with van der Waals surface area (Å²) in [4.78, 5) is 10.6. The van der Waals surface area contributed by atoms with E-state index in [1.807, 2.05) is 12.1 Å². The van der Waals surface area contributed by atoms with Gasteiger partial charge in [-0.25, -0.2) is 0 Å². The van der Waals surface area contributed by atoms with Crippen LogP contribution in [0.4, 0.5) is 0 Å². The summed E-state index contributed by atoms with van der Waals surface area (Å²) in [6.45, 7) is 3.74. The second kappa shape index (κ2) is 7.54. The SMILES string of the molecule is CC(=O)NCCCNCc1ccc(Cl)cc1Cl. The van der Waals surface area contributed by atoms with Gasteiger partial charge in [-0.05, 0) is 30.7 Å². The van der Waals surface area contributed by atoms with Crippen LogP contribution in [0.2, 0.25) is 10.0 Å². The van der Waals surface area contributed by atoms with Crippen molar-refractivity contribution in [1.29, 1.82) is 0 Å². The van der Waals surface area contributed by atoms with Crippen LogP contribution in [0.15, 0.2) is 18.2 Å². The molecule has 0 unspecified atom stereocenters. The minimum Gasteiger partial charge on any atom is -0.356 e. The average molecular weight is 275 g/mol. The number of hydrogen-bond donors (Lipinski definition) is 2. The Morgan fingerprint density at radius 3 is 2.71 bits per heavy atom. The molecule has 0 spiro atoms. The van der Waals surface area contributed by atoms with Crippen LogP contribution in [0.5, 0.6) is 0 Å². The lowest BCUT2D eigenvalue weighted by Gasteiger charge is -2.07. The van der Waals surface area contributed by atoms with Crippen LogP contribution in [0.1, 0.15) is 18.9 Å². The molecule has 1 aromatic rings. The van der Waals surface area contributed by atoms with E-state index in [4.69, 9.17) is 23.2 Å². The van der Waals surface area contributed by atoms with E-state index in [9.17, 15) is 4.79 Å². The molecule has 0 aliphatic heterocycles. The molecule has 1 aromatic carbocycles. The fourth-order valence-electron chi connectivity index (χ4n) is 1.37. The van der Waals surface area contributed by atoms with E-state index in [0.717, 1.165) is 18.5 Å². The molecule has 5 heteroatoms. The number of hydrogen-bond acceptors (Lipinski definition) is 2. The topological polar surface area (TPSA) is 41.1 Å². The highest BCUT2D eigenvalue weighted by atomic mass is 35.5. The molecule has 0 aromatic heterocycles. The van der Waals surface area contributed by atoms with Gasteiger partial charge in [0.25, 0.3) is 0 Å². The first-order valence-corrected chi connectivity index (χ1v) is 6.24. The van der Waals surface area contributed by atoms with E-state index in [0.29, 0.717) is 23.1 Å². The van der Waals surface area contributed by atoms with Crippen molar-refractivity contribution in [1.82, 2.24) is 10.6 Å². The molecule has 1 amide bonds. The van der Waals surface area contributed by atoms with Gasteiger partial charge in [0, 0.05) is 30.1 Å². The third kappa shape index (κ3) is 5.91. The maximum absolute atomic E-state index is 10.6. The van der Waals surface area contributed by atoms with Crippen LogP contribution in [-0.2, 0) is 11.3 Å². The van der Waals surface area contributed by atoms with Crippen molar-refractivity contribution in [2.75, 3.05) is 13.1 Å². The van der Waals surface area contributed by atoms with E-state index in [-0.39, 0.29) is 5.91 Å². The van der Waals surface area contributed by atoms with Crippen molar-refractivity contribution in [3.8, 4) is 0 Å². The molecule has 1 rings (SSSR count). The van der Waals surface area contributed by atoms with E-state index in [2.05, 4.69) is 10.6 Å². The van der Waals surface area contributed by atoms with Crippen molar-refractivity contribution in [2.24, 2.45) is 0 Å². The molecule has 17 heavy (non-hydrogen) atoms. The molecule has 0 saturated heterocycles. The number of amides is 1. The summed E-state index contributed by atoms with van der Waals surface area (Å²) in [7, 11) is 0. The Labute approximate surface area is 111 Å². The van der Waals surface area contributed by atoms with Crippen molar-refractivity contribution in [2.45, 2.75) is 19.9 Å². The summed E-state index contributed by atoms with van der Waals surface area (Å²) >= 11 is 11.8. The smallest absolute Gasteiger partial charge is 0.216 e. The predicted octanol–water partition coefficient (Wildman–Crippen LogP) is 2.61. The number of carbonyl (C=O) groups is 1. The summed E-state index contributed by atoms with van der Waals surface area (Å²) in [6.07, 6.45) is 0.894. The summed E-state index contributed by atoms with van der Waals surface area (Å²) in [5.41, 5.74) is 1.02. The number of rotatable bonds is 6. The summed E-state index contributed by atoms with van der Waals surface area (Å²) in [6, 6.07) is 5.46. The first-order valence-electron chi connectivity index (χ1n) is 5.48. The first kappa shape index (κ1) is 14.3. The van der Waals surface area contributed by atoms with Crippen molar-refractivity contribution >= 4 is 29.1 Å². The third-order valence-electron chi connectivity index (χ3n) is 2.23. The Kier molecular flexibility index (Phi) is 6.34. The van der Waals surface area contributed by atoms with Crippen LogP contribution < -0.4 is 10.6 Å². The Bertz CT molecular complexity index is 383. The first-order chi connectivity index (χ1) is 8.09. The molecule has 94 valence electrons. The van der Waals surface area contributed by atoms with Gasteiger partial charge in [-0.3, -0.25) is 4.79 Å².